The predicted octanol–water partition coefficient (Wildman–Crippen LogP) is 1.51. The predicted molar refractivity (Wildman–Crippen MR) is 62.1 cm³/mol. The van der Waals surface area contributed by atoms with E-state index < -0.39 is 0 Å². The van der Waals surface area contributed by atoms with E-state index in [1.165, 1.54) is 6.42 Å². The van der Waals surface area contributed by atoms with Crippen LogP contribution in [0, 0.1) is 13.8 Å². The number of imidazole rings is 1. The maximum atomic E-state index is 12.0. The number of hydrogen-bond acceptors (Lipinski definition) is 2. The van der Waals surface area contributed by atoms with E-state index in [9.17, 15) is 4.79 Å². The molecule has 1 aromatic heterocycles. The molecule has 2 rings (SSSR count). The Hall–Kier alpha value is -1.32. The summed E-state index contributed by atoms with van der Waals surface area (Å²) in [5.41, 5.74) is 2.09. The maximum absolute atomic E-state index is 12.0. The van der Waals surface area contributed by atoms with E-state index in [0.29, 0.717) is 6.54 Å². The van der Waals surface area contributed by atoms with Gasteiger partial charge in [-0.05, 0) is 33.1 Å². The molecule has 0 aromatic carbocycles. The SMILES string of the molecule is Cc1ncn(CC(=O)N2CCCCC2)c1C. The number of aryl methyl sites for hydroxylation is 1. The lowest BCUT2D eigenvalue weighted by Crippen LogP contribution is -2.37. The summed E-state index contributed by atoms with van der Waals surface area (Å²) >= 11 is 0. The van der Waals surface area contributed by atoms with Crippen LogP contribution in [0.1, 0.15) is 30.7 Å². The van der Waals surface area contributed by atoms with Crippen molar-refractivity contribution in [2.75, 3.05) is 13.1 Å². The van der Waals surface area contributed by atoms with Gasteiger partial charge in [-0.15, -0.1) is 0 Å². The van der Waals surface area contributed by atoms with Crippen LogP contribution in [0.4, 0.5) is 0 Å². The van der Waals surface area contributed by atoms with E-state index in [0.717, 1.165) is 37.3 Å². The molecule has 1 aliphatic rings. The van der Waals surface area contributed by atoms with Crippen LogP contribution in [0.2, 0.25) is 0 Å². The topological polar surface area (TPSA) is 38.1 Å². The maximum Gasteiger partial charge on any atom is 0.242 e. The molecule has 4 nitrogen and oxygen atoms in total. The summed E-state index contributed by atoms with van der Waals surface area (Å²) in [5.74, 6) is 0.222. The van der Waals surface area contributed by atoms with Crippen LogP contribution in [-0.4, -0.2) is 33.4 Å². The molecular weight excluding hydrogens is 202 g/mol. The van der Waals surface area contributed by atoms with Crippen molar-refractivity contribution in [2.45, 2.75) is 39.7 Å². The molecule has 1 amide bonds. The van der Waals surface area contributed by atoms with Gasteiger partial charge in [0.25, 0.3) is 0 Å². The van der Waals surface area contributed by atoms with Crippen LogP contribution in [0.25, 0.3) is 0 Å². The highest BCUT2D eigenvalue weighted by Gasteiger charge is 2.17. The second-order valence-electron chi connectivity index (χ2n) is 4.48. The molecule has 1 aromatic rings. The number of rotatable bonds is 2. The Labute approximate surface area is 96.3 Å². The lowest BCUT2D eigenvalue weighted by atomic mass is 10.1. The summed E-state index contributed by atoms with van der Waals surface area (Å²) in [6.07, 6.45) is 5.31. The number of aromatic nitrogens is 2. The molecule has 0 atom stereocenters. The van der Waals surface area contributed by atoms with Crippen LogP contribution >= 0.6 is 0 Å². The van der Waals surface area contributed by atoms with Crippen molar-refractivity contribution in [3.05, 3.63) is 17.7 Å². The fraction of sp³-hybridized carbons (Fsp3) is 0.667. The van der Waals surface area contributed by atoms with Gasteiger partial charge in [0.05, 0.1) is 12.0 Å². The van der Waals surface area contributed by atoms with Gasteiger partial charge in [0.1, 0.15) is 6.54 Å². The van der Waals surface area contributed by atoms with E-state index in [4.69, 9.17) is 0 Å². The summed E-state index contributed by atoms with van der Waals surface area (Å²) in [6.45, 7) is 6.26. The molecule has 0 bridgehead atoms. The van der Waals surface area contributed by atoms with Gasteiger partial charge in [-0.1, -0.05) is 0 Å². The monoisotopic (exact) mass is 221 g/mol. The smallest absolute Gasteiger partial charge is 0.242 e. The van der Waals surface area contributed by atoms with Gasteiger partial charge in [-0.25, -0.2) is 4.98 Å². The highest BCUT2D eigenvalue weighted by Crippen LogP contribution is 2.10. The minimum Gasteiger partial charge on any atom is -0.341 e. The van der Waals surface area contributed by atoms with E-state index >= 15 is 0 Å². The minimum absolute atomic E-state index is 0.222. The van der Waals surface area contributed by atoms with Crippen LogP contribution in [0.3, 0.4) is 0 Å². The van der Waals surface area contributed by atoms with Crippen molar-refractivity contribution in [2.24, 2.45) is 0 Å². The molecule has 1 fully saturated rings. The Morgan fingerprint density at radius 2 is 2.00 bits per heavy atom. The third kappa shape index (κ3) is 2.26. The lowest BCUT2D eigenvalue weighted by Gasteiger charge is -2.27. The molecule has 0 N–H and O–H groups in total. The number of likely N-dealkylation sites (tertiary alicyclic amines) is 1. The van der Waals surface area contributed by atoms with Crippen molar-refractivity contribution in [1.29, 1.82) is 0 Å². The third-order valence-electron chi connectivity index (χ3n) is 3.36. The zero-order valence-corrected chi connectivity index (χ0v) is 10.1. The first-order valence-corrected chi connectivity index (χ1v) is 5.94. The molecule has 16 heavy (non-hydrogen) atoms. The zero-order valence-electron chi connectivity index (χ0n) is 10.1. The van der Waals surface area contributed by atoms with Crippen molar-refractivity contribution in [1.82, 2.24) is 14.5 Å². The molecule has 4 heteroatoms. The zero-order chi connectivity index (χ0) is 11.5. The lowest BCUT2D eigenvalue weighted by molar-refractivity contribution is -0.132. The number of carbonyl (C=O) groups excluding carboxylic acids is 1. The summed E-state index contributed by atoms with van der Waals surface area (Å²) in [6, 6.07) is 0. The minimum atomic E-state index is 0.222. The van der Waals surface area contributed by atoms with Crippen molar-refractivity contribution < 1.29 is 4.79 Å². The molecule has 1 aliphatic heterocycles. The van der Waals surface area contributed by atoms with E-state index in [2.05, 4.69) is 4.98 Å². The molecule has 0 aliphatic carbocycles. The fourth-order valence-electron chi connectivity index (χ4n) is 2.09. The van der Waals surface area contributed by atoms with Gasteiger partial charge in [-0.2, -0.15) is 0 Å². The van der Waals surface area contributed by atoms with Gasteiger partial charge in [0.2, 0.25) is 5.91 Å². The Morgan fingerprint density at radius 1 is 1.31 bits per heavy atom. The van der Waals surface area contributed by atoms with Gasteiger partial charge in [0.15, 0.2) is 0 Å². The number of hydrogen-bond donors (Lipinski definition) is 0. The van der Waals surface area contributed by atoms with Gasteiger partial charge < -0.3 is 9.47 Å². The Kier molecular flexibility index (Phi) is 3.27. The number of nitrogens with zero attached hydrogens (tertiary/aromatic N) is 3. The largest absolute Gasteiger partial charge is 0.341 e. The molecular formula is C12H19N3O. The van der Waals surface area contributed by atoms with Gasteiger partial charge in [-0.3, -0.25) is 4.79 Å². The summed E-state index contributed by atoms with van der Waals surface area (Å²) in [5, 5.41) is 0. The molecule has 1 saturated heterocycles. The highest BCUT2D eigenvalue weighted by atomic mass is 16.2. The molecule has 0 spiro atoms. The Morgan fingerprint density at radius 3 is 2.56 bits per heavy atom. The Balaban J connectivity index is 1.98. The van der Waals surface area contributed by atoms with E-state index in [1.807, 2.05) is 23.3 Å². The fourth-order valence-corrected chi connectivity index (χ4v) is 2.09. The summed E-state index contributed by atoms with van der Waals surface area (Å²) in [7, 11) is 0. The average Bonchev–Trinajstić information content (AvgIpc) is 2.62. The normalized spacial score (nSPS) is 16.5. The molecule has 2 heterocycles. The number of carbonyl (C=O) groups is 1. The first-order chi connectivity index (χ1) is 7.68. The molecule has 0 saturated carbocycles. The first-order valence-electron chi connectivity index (χ1n) is 5.94. The van der Waals surface area contributed by atoms with Crippen LogP contribution in [0.5, 0.6) is 0 Å². The molecule has 0 radical (unpaired) electrons. The number of piperidine rings is 1. The second kappa shape index (κ2) is 4.68. The molecule has 88 valence electrons. The van der Waals surface area contributed by atoms with Crippen molar-refractivity contribution >= 4 is 5.91 Å². The summed E-state index contributed by atoms with van der Waals surface area (Å²) in [4.78, 5) is 18.2. The highest BCUT2D eigenvalue weighted by molar-refractivity contribution is 5.76. The van der Waals surface area contributed by atoms with Gasteiger partial charge >= 0.3 is 0 Å². The standard InChI is InChI=1S/C12H19N3O/c1-10-11(2)15(9-13-10)8-12(16)14-6-4-3-5-7-14/h9H,3-8H2,1-2H3. The second-order valence-corrected chi connectivity index (χ2v) is 4.48. The van der Waals surface area contributed by atoms with Crippen LogP contribution < -0.4 is 0 Å². The number of amides is 1. The third-order valence-corrected chi connectivity index (χ3v) is 3.36. The van der Waals surface area contributed by atoms with E-state index in [-0.39, 0.29) is 5.91 Å². The Bertz CT molecular complexity index is 378. The van der Waals surface area contributed by atoms with Crippen LogP contribution in [-0.2, 0) is 11.3 Å². The van der Waals surface area contributed by atoms with Gasteiger partial charge in [0, 0.05) is 18.8 Å². The quantitative estimate of drug-likeness (QED) is 0.759. The average molecular weight is 221 g/mol. The van der Waals surface area contributed by atoms with Crippen LogP contribution in [0.15, 0.2) is 6.33 Å². The van der Waals surface area contributed by atoms with Crippen molar-refractivity contribution in [3.8, 4) is 0 Å². The van der Waals surface area contributed by atoms with E-state index in [1.54, 1.807) is 6.33 Å². The summed E-state index contributed by atoms with van der Waals surface area (Å²) < 4.78 is 1.94. The molecule has 0 unspecified atom stereocenters. The first kappa shape index (κ1) is 11.2. The van der Waals surface area contributed by atoms with Crippen molar-refractivity contribution in [3.63, 3.8) is 0 Å².